The molecular weight excluding hydrogens is 332 g/mol. The molecule has 24 heavy (non-hydrogen) atoms. The van der Waals surface area contributed by atoms with E-state index < -0.39 is 6.17 Å². The number of hydrogen-bond acceptors (Lipinski definition) is 3. The first kappa shape index (κ1) is 16.8. The Morgan fingerprint density at radius 2 is 2.17 bits per heavy atom. The molecule has 3 rings (SSSR count). The molecule has 0 spiro atoms. The molecule has 128 valence electrons. The summed E-state index contributed by atoms with van der Waals surface area (Å²) in [6.07, 6.45) is 0.657. The Balaban J connectivity index is 1.48. The molecule has 0 atom stereocenters. The highest BCUT2D eigenvalue weighted by atomic mass is 32.1. The number of amides is 2. The molecule has 1 aromatic heterocycles. The zero-order valence-corrected chi connectivity index (χ0v) is 14.0. The third-order valence-electron chi connectivity index (χ3n) is 4.00. The standard InChI is InChI=1S/C17H19F2N3OS/c18-13-5-8-22(9-6-13)17(23)20-7-4-16-21-15(11-24-16)12-2-1-3-14(19)10-12/h1-3,10-11,13H,4-9H2,(H,20,23). The van der Waals surface area contributed by atoms with E-state index in [1.54, 1.807) is 11.0 Å². The minimum absolute atomic E-state index is 0.149. The Labute approximate surface area is 143 Å². The van der Waals surface area contributed by atoms with Crippen LogP contribution in [0.3, 0.4) is 0 Å². The first-order valence-electron chi connectivity index (χ1n) is 7.99. The molecule has 4 nitrogen and oxygen atoms in total. The smallest absolute Gasteiger partial charge is 0.317 e. The Kier molecular flexibility index (Phi) is 5.40. The summed E-state index contributed by atoms with van der Waals surface area (Å²) in [7, 11) is 0. The lowest BCUT2D eigenvalue weighted by atomic mass is 10.1. The van der Waals surface area contributed by atoms with Gasteiger partial charge in [0.2, 0.25) is 0 Å². The van der Waals surface area contributed by atoms with Gasteiger partial charge in [0.25, 0.3) is 0 Å². The molecule has 7 heteroatoms. The quantitative estimate of drug-likeness (QED) is 0.914. The van der Waals surface area contributed by atoms with Gasteiger partial charge in [-0.3, -0.25) is 0 Å². The number of halogens is 2. The minimum atomic E-state index is -0.786. The first-order chi connectivity index (χ1) is 11.6. The second-order valence-electron chi connectivity index (χ2n) is 5.78. The number of nitrogens with one attached hydrogen (secondary N) is 1. The van der Waals surface area contributed by atoms with Crippen LogP contribution in [0.25, 0.3) is 11.3 Å². The molecule has 1 aromatic carbocycles. The molecule has 1 saturated heterocycles. The monoisotopic (exact) mass is 351 g/mol. The second-order valence-corrected chi connectivity index (χ2v) is 6.72. The van der Waals surface area contributed by atoms with Crippen LogP contribution < -0.4 is 5.32 Å². The second kappa shape index (κ2) is 7.70. The van der Waals surface area contributed by atoms with E-state index in [0.29, 0.717) is 38.9 Å². The molecule has 1 N–H and O–H groups in total. The fourth-order valence-corrected chi connectivity index (χ4v) is 3.45. The van der Waals surface area contributed by atoms with Crippen molar-refractivity contribution in [2.24, 2.45) is 0 Å². The van der Waals surface area contributed by atoms with Gasteiger partial charge in [0.15, 0.2) is 0 Å². The predicted octanol–water partition coefficient (Wildman–Crippen LogP) is 3.64. The van der Waals surface area contributed by atoms with Crippen molar-refractivity contribution in [3.05, 3.63) is 40.5 Å². The van der Waals surface area contributed by atoms with Crippen LogP contribution in [0, 0.1) is 5.82 Å². The number of thiazole rings is 1. The van der Waals surface area contributed by atoms with Crippen molar-refractivity contribution in [2.45, 2.75) is 25.4 Å². The van der Waals surface area contributed by atoms with Gasteiger partial charge in [-0.15, -0.1) is 11.3 Å². The number of aromatic nitrogens is 1. The van der Waals surface area contributed by atoms with E-state index in [2.05, 4.69) is 10.3 Å². The van der Waals surface area contributed by atoms with Gasteiger partial charge in [-0.1, -0.05) is 12.1 Å². The SMILES string of the molecule is O=C(NCCc1nc(-c2cccc(F)c2)cs1)N1CCC(F)CC1. The number of carbonyl (C=O) groups excluding carboxylic acids is 1. The summed E-state index contributed by atoms with van der Waals surface area (Å²) in [5.41, 5.74) is 1.49. The zero-order valence-electron chi connectivity index (χ0n) is 13.2. The largest absolute Gasteiger partial charge is 0.338 e. The van der Waals surface area contributed by atoms with Crippen molar-refractivity contribution in [2.75, 3.05) is 19.6 Å². The maximum atomic E-state index is 13.3. The van der Waals surface area contributed by atoms with Crippen LogP contribution in [0.15, 0.2) is 29.6 Å². The highest BCUT2D eigenvalue weighted by molar-refractivity contribution is 7.09. The van der Waals surface area contributed by atoms with Crippen LogP contribution in [0.5, 0.6) is 0 Å². The Hall–Kier alpha value is -2.02. The van der Waals surface area contributed by atoms with E-state index >= 15 is 0 Å². The van der Waals surface area contributed by atoms with E-state index in [-0.39, 0.29) is 11.8 Å². The molecule has 1 aliphatic rings. The van der Waals surface area contributed by atoms with Crippen LogP contribution >= 0.6 is 11.3 Å². The van der Waals surface area contributed by atoms with Gasteiger partial charge in [-0.05, 0) is 25.0 Å². The van der Waals surface area contributed by atoms with Crippen molar-refractivity contribution in [3.8, 4) is 11.3 Å². The van der Waals surface area contributed by atoms with E-state index in [1.165, 1.54) is 23.5 Å². The van der Waals surface area contributed by atoms with E-state index in [9.17, 15) is 13.6 Å². The van der Waals surface area contributed by atoms with Gasteiger partial charge in [0, 0.05) is 37.0 Å². The number of likely N-dealkylation sites (tertiary alicyclic amines) is 1. The summed E-state index contributed by atoms with van der Waals surface area (Å²) in [5, 5.41) is 5.62. The van der Waals surface area contributed by atoms with E-state index in [1.807, 2.05) is 11.4 Å². The number of urea groups is 1. The summed E-state index contributed by atoms with van der Waals surface area (Å²) < 4.78 is 26.3. The highest BCUT2D eigenvalue weighted by Gasteiger charge is 2.21. The number of rotatable bonds is 4. The number of benzene rings is 1. The molecule has 0 aliphatic carbocycles. The molecule has 0 unspecified atom stereocenters. The molecule has 2 heterocycles. The van der Waals surface area contributed by atoms with Crippen LogP contribution in [0.1, 0.15) is 17.8 Å². The average Bonchev–Trinajstić information content (AvgIpc) is 3.04. The Bertz CT molecular complexity index is 699. The summed E-state index contributed by atoms with van der Waals surface area (Å²) in [5.74, 6) is -0.286. The van der Waals surface area contributed by atoms with Crippen molar-refractivity contribution in [1.82, 2.24) is 15.2 Å². The zero-order chi connectivity index (χ0) is 16.9. The molecule has 0 saturated carbocycles. The number of nitrogens with zero attached hydrogens (tertiary/aromatic N) is 2. The van der Waals surface area contributed by atoms with E-state index in [0.717, 1.165) is 16.3 Å². The van der Waals surface area contributed by atoms with Crippen molar-refractivity contribution in [1.29, 1.82) is 0 Å². The van der Waals surface area contributed by atoms with Crippen molar-refractivity contribution in [3.63, 3.8) is 0 Å². The number of hydrogen-bond donors (Lipinski definition) is 1. The van der Waals surface area contributed by atoms with Gasteiger partial charge in [-0.25, -0.2) is 18.6 Å². The number of piperidine rings is 1. The fourth-order valence-electron chi connectivity index (χ4n) is 2.65. The maximum absolute atomic E-state index is 13.3. The summed E-state index contributed by atoms with van der Waals surface area (Å²) in [6.45, 7) is 1.41. The topological polar surface area (TPSA) is 45.2 Å². The van der Waals surface area contributed by atoms with Gasteiger partial charge in [0.05, 0.1) is 10.7 Å². The molecule has 0 bridgehead atoms. The fraction of sp³-hybridized carbons (Fsp3) is 0.412. The molecule has 2 aromatic rings. The van der Waals surface area contributed by atoms with Crippen LogP contribution in [0.2, 0.25) is 0 Å². The molecule has 2 amide bonds. The lowest BCUT2D eigenvalue weighted by Gasteiger charge is -2.28. The predicted molar refractivity (Wildman–Crippen MR) is 90.3 cm³/mol. The molecular formula is C17H19F2N3OS. The molecule has 1 aliphatic heterocycles. The Morgan fingerprint density at radius 3 is 2.92 bits per heavy atom. The number of carbonyl (C=O) groups is 1. The van der Waals surface area contributed by atoms with Crippen molar-refractivity contribution >= 4 is 17.4 Å². The van der Waals surface area contributed by atoms with Crippen LogP contribution in [-0.4, -0.2) is 41.7 Å². The van der Waals surface area contributed by atoms with Gasteiger partial charge < -0.3 is 10.2 Å². The average molecular weight is 351 g/mol. The van der Waals surface area contributed by atoms with Gasteiger partial charge in [-0.2, -0.15) is 0 Å². The summed E-state index contributed by atoms with van der Waals surface area (Å²) in [6, 6.07) is 6.18. The molecule has 0 radical (unpaired) electrons. The highest BCUT2D eigenvalue weighted by Crippen LogP contribution is 2.22. The Morgan fingerprint density at radius 1 is 1.38 bits per heavy atom. The van der Waals surface area contributed by atoms with E-state index in [4.69, 9.17) is 0 Å². The van der Waals surface area contributed by atoms with Crippen molar-refractivity contribution < 1.29 is 13.6 Å². The lowest BCUT2D eigenvalue weighted by Crippen LogP contribution is -2.45. The lowest BCUT2D eigenvalue weighted by molar-refractivity contribution is 0.152. The summed E-state index contributed by atoms with van der Waals surface area (Å²) in [4.78, 5) is 18.1. The van der Waals surface area contributed by atoms with Gasteiger partial charge in [0.1, 0.15) is 12.0 Å². The van der Waals surface area contributed by atoms with Crippen LogP contribution in [-0.2, 0) is 6.42 Å². The minimum Gasteiger partial charge on any atom is -0.338 e. The third kappa shape index (κ3) is 4.29. The molecule has 1 fully saturated rings. The first-order valence-corrected chi connectivity index (χ1v) is 8.87. The normalized spacial score (nSPS) is 15.5. The van der Waals surface area contributed by atoms with Gasteiger partial charge >= 0.3 is 6.03 Å². The third-order valence-corrected chi connectivity index (χ3v) is 4.91. The van der Waals surface area contributed by atoms with Crippen LogP contribution in [0.4, 0.5) is 13.6 Å². The number of alkyl halides is 1. The maximum Gasteiger partial charge on any atom is 0.317 e. The summed E-state index contributed by atoms with van der Waals surface area (Å²) >= 11 is 1.49.